The van der Waals surface area contributed by atoms with Crippen LogP contribution in [0, 0.1) is 0 Å². The summed E-state index contributed by atoms with van der Waals surface area (Å²) < 4.78 is 1.11. The summed E-state index contributed by atoms with van der Waals surface area (Å²) in [6.45, 7) is 1.92. The molecule has 60 valence electrons. The molecule has 0 saturated heterocycles. The third-order valence-corrected chi connectivity index (χ3v) is 1.27. The smallest absolute Gasteiger partial charge is 0.250 e. The summed E-state index contributed by atoms with van der Waals surface area (Å²) in [5.41, 5.74) is 5.34. The van der Waals surface area contributed by atoms with Gasteiger partial charge in [-0.05, 0) is 6.42 Å². The van der Waals surface area contributed by atoms with E-state index in [0.717, 1.165) is 11.1 Å². The lowest BCUT2D eigenvalue weighted by Crippen LogP contribution is -2.14. The molecule has 0 aliphatic rings. The molecular formula is C6H10N4O. The van der Waals surface area contributed by atoms with Crippen LogP contribution >= 0.6 is 0 Å². The molecule has 1 aromatic heterocycles. The molecule has 0 spiro atoms. The second kappa shape index (κ2) is 3.14. The molecule has 2 N–H and O–H groups in total. The molecule has 0 unspecified atom stereocenters. The molecule has 0 aliphatic heterocycles. The highest BCUT2D eigenvalue weighted by Gasteiger charge is 2.07. The van der Waals surface area contributed by atoms with Gasteiger partial charge in [0.1, 0.15) is 6.33 Å². The SMILES string of the molecule is CCCC(=O)n1ncnc1N. The van der Waals surface area contributed by atoms with E-state index < -0.39 is 0 Å². The van der Waals surface area contributed by atoms with Gasteiger partial charge in [0.15, 0.2) is 0 Å². The molecule has 0 aromatic carbocycles. The number of rotatable bonds is 2. The maximum Gasteiger partial charge on any atom is 0.250 e. The minimum absolute atomic E-state index is 0.109. The molecule has 0 atom stereocenters. The molecular weight excluding hydrogens is 144 g/mol. The topological polar surface area (TPSA) is 73.8 Å². The van der Waals surface area contributed by atoms with Crippen molar-refractivity contribution in [3.05, 3.63) is 6.33 Å². The highest BCUT2D eigenvalue weighted by atomic mass is 16.2. The molecule has 11 heavy (non-hydrogen) atoms. The molecule has 1 aromatic rings. The normalized spacial score (nSPS) is 9.91. The molecule has 1 heterocycles. The molecule has 0 saturated carbocycles. The van der Waals surface area contributed by atoms with Crippen molar-refractivity contribution in [1.82, 2.24) is 14.8 Å². The van der Waals surface area contributed by atoms with Gasteiger partial charge >= 0.3 is 0 Å². The quantitative estimate of drug-likeness (QED) is 0.664. The van der Waals surface area contributed by atoms with Crippen LogP contribution in [-0.2, 0) is 0 Å². The van der Waals surface area contributed by atoms with E-state index in [0.29, 0.717) is 6.42 Å². The standard InChI is InChI=1S/C6H10N4O/c1-2-3-5(11)10-6(7)8-4-9-10/h4H,2-3H2,1H3,(H2,7,8,9). The number of hydrogen-bond donors (Lipinski definition) is 1. The average molecular weight is 154 g/mol. The van der Waals surface area contributed by atoms with Gasteiger partial charge in [-0.2, -0.15) is 14.8 Å². The number of nitrogen functional groups attached to an aromatic ring is 1. The zero-order chi connectivity index (χ0) is 8.27. The van der Waals surface area contributed by atoms with Crippen LogP contribution in [0.3, 0.4) is 0 Å². The van der Waals surface area contributed by atoms with Crippen LogP contribution in [0.4, 0.5) is 5.95 Å². The van der Waals surface area contributed by atoms with Crippen molar-refractivity contribution in [2.24, 2.45) is 0 Å². The fraction of sp³-hybridized carbons (Fsp3) is 0.500. The third kappa shape index (κ3) is 1.54. The first-order valence-electron chi connectivity index (χ1n) is 3.44. The first kappa shape index (κ1) is 7.71. The number of nitrogens with two attached hydrogens (primary N) is 1. The first-order valence-corrected chi connectivity index (χ1v) is 3.44. The molecule has 0 amide bonds. The molecule has 0 fully saturated rings. The fourth-order valence-electron chi connectivity index (χ4n) is 0.762. The van der Waals surface area contributed by atoms with Gasteiger partial charge in [0, 0.05) is 6.42 Å². The van der Waals surface area contributed by atoms with Gasteiger partial charge in [0.2, 0.25) is 11.9 Å². The highest BCUT2D eigenvalue weighted by molar-refractivity contribution is 5.79. The van der Waals surface area contributed by atoms with E-state index in [1.165, 1.54) is 6.33 Å². The number of carbonyl (C=O) groups is 1. The van der Waals surface area contributed by atoms with Gasteiger partial charge in [-0.1, -0.05) is 6.92 Å². The van der Waals surface area contributed by atoms with Crippen LogP contribution in [-0.4, -0.2) is 20.7 Å². The van der Waals surface area contributed by atoms with E-state index >= 15 is 0 Å². The molecule has 5 heteroatoms. The summed E-state index contributed by atoms with van der Waals surface area (Å²) in [4.78, 5) is 14.7. The van der Waals surface area contributed by atoms with E-state index in [2.05, 4.69) is 10.1 Å². The number of aromatic nitrogens is 3. The van der Waals surface area contributed by atoms with Gasteiger partial charge in [-0.15, -0.1) is 0 Å². The van der Waals surface area contributed by atoms with E-state index in [1.54, 1.807) is 0 Å². The lowest BCUT2D eigenvalue weighted by atomic mass is 10.3. The zero-order valence-electron chi connectivity index (χ0n) is 6.32. The molecule has 5 nitrogen and oxygen atoms in total. The molecule has 1 rings (SSSR count). The number of hydrogen-bond acceptors (Lipinski definition) is 4. The van der Waals surface area contributed by atoms with Gasteiger partial charge in [-0.25, -0.2) is 0 Å². The number of anilines is 1. The lowest BCUT2D eigenvalue weighted by molar-refractivity contribution is 0.0889. The van der Waals surface area contributed by atoms with Gasteiger partial charge in [-0.3, -0.25) is 4.79 Å². The summed E-state index contributed by atoms with van der Waals surface area (Å²) in [7, 11) is 0. The molecule has 0 radical (unpaired) electrons. The van der Waals surface area contributed by atoms with E-state index in [1.807, 2.05) is 6.92 Å². The van der Waals surface area contributed by atoms with Crippen molar-refractivity contribution in [2.75, 3.05) is 5.73 Å². The Morgan fingerprint density at radius 2 is 2.55 bits per heavy atom. The summed E-state index contributed by atoms with van der Waals surface area (Å²) in [5, 5.41) is 3.67. The van der Waals surface area contributed by atoms with Crippen molar-refractivity contribution in [2.45, 2.75) is 19.8 Å². The molecule has 0 aliphatic carbocycles. The third-order valence-electron chi connectivity index (χ3n) is 1.27. The summed E-state index contributed by atoms with van der Waals surface area (Å²) >= 11 is 0. The Bertz CT molecular complexity index is 255. The van der Waals surface area contributed by atoms with Crippen LogP contribution in [0.2, 0.25) is 0 Å². The Hall–Kier alpha value is -1.39. The Morgan fingerprint density at radius 1 is 1.82 bits per heavy atom. The number of nitrogens with zero attached hydrogens (tertiary/aromatic N) is 3. The maximum atomic E-state index is 11.1. The van der Waals surface area contributed by atoms with Crippen LogP contribution in [0.25, 0.3) is 0 Å². The Morgan fingerprint density at radius 3 is 3.00 bits per heavy atom. The van der Waals surface area contributed by atoms with E-state index in [-0.39, 0.29) is 11.9 Å². The zero-order valence-corrected chi connectivity index (χ0v) is 6.32. The summed E-state index contributed by atoms with van der Waals surface area (Å²) in [6, 6.07) is 0. The first-order chi connectivity index (χ1) is 5.25. The van der Waals surface area contributed by atoms with Gasteiger partial charge in [0.05, 0.1) is 0 Å². The monoisotopic (exact) mass is 154 g/mol. The lowest BCUT2D eigenvalue weighted by Gasteiger charge is -1.97. The predicted molar refractivity (Wildman–Crippen MR) is 40.0 cm³/mol. The number of carbonyl (C=O) groups excluding carboxylic acids is 1. The largest absolute Gasteiger partial charge is 0.368 e. The Balaban J connectivity index is 2.76. The van der Waals surface area contributed by atoms with Gasteiger partial charge in [0.25, 0.3) is 0 Å². The average Bonchev–Trinajstić information content (AvgIpc) is 2.36. The van der Waals surface area contributed by atoms with Crippen LogP contribution in [0.1, 0.15) is 24.6 Å². The minimum atomic E-state index is -0.109. The minimum Gasteiger partial charge on any atom is -0.368 e. The van der Waals surface area contributed by atoms with Gasteiger partial charge < -0.3 is 5.73 Å². The molecule has 0 bridgehead atoms. The Kier molecular flexibility index (Phi) is 2.20. The Labute approximate surface area is 64.2 Å². The van der Waals surface area contributed by atoms with Crippen LogP contribution < -0.4 is 5.73 Å². The van der Waals surface area contributed by atoms with Crippen LogP contribution in [0.5, 0.6) is 0 Å². The van der Waals surface area contributed by atoms with Crippen molar-refractivity contribution in [1.29, 1.82) is 0 Å². The maximum absolute atomic E-state index is 11.1. The second-order valence-electron chi connectivity index (χ2n) is 2.17. The highest BCUT2D eigenvalue weighted by Crippen LogP contribution is 1.98. The summed E-state index contributed by atoms with van der Waals surface area (Å²) in [6.07, 6.45) is 2.51. The summed E-state index contributed by atoms with van der Waals surface area (Å²) in [5.74, 6) is 0.0472. The fourth-order valence-corrected chi connectivity index (χ4v) is 0.762. The van der Waals surface area contributed by atoms with Crippen molar-refractivity contribution >= 4 is 11.9 Å². The van der Waals surface area contributed by atoms with E-state index in [9.17, 15) is 4.79 Å². The van der Waals surface area contributed by atoms with Crippen LogP contribution in [0.15, 0.2) is 6.33 Å². The van der Waals surface area contributed by atoms with E-state index in [4.69, 9.17) is 5.73 Å². The second-order valence-corrected chi connectivity index (χ2v) is 2.17. The predicted octanol–water partition coefficient (Wildman–Crippen LogP) is 0.301. The van der Waals surface area contributed by atoms with Crippen molar-refractivity contribution < 1.29 is 4.79 Å². The van der Waals surface area contributed by atoms with Crippen molar-refractivity contribution in [3.63, 3.8) is 0 Å². The van der Waals surface area contributed by atoms with Crippen molar-refractivity contribution in [3.8, 4) is 0 Å².